The van der Waals surface area contributed by atoms with E-state index in [1.54, 1.807) is 0 Å². The average molecular weight is 461 g/mol. The molecule has 3 heteroatoms. The largest absolute Gasteiger partial charge is 0.393 e. The summed E-state index contributed by atoms with van der Waals surface area (Å²) < 4.78 is 0. The zero-order valence-corrected chi connectivity index (χ0v) is 22.7. The quantitative estimate of drug-likeness (QED) is 0.404. The molecule has 0 bridgehead atoms. The van der Waals surface area contributed by atoms with Crippen LogP contribution in [-0.4, -0.2) is 33.6 Å². The Bertz CT molecular complexity index is 808. The fourth-order valence-corrected chi connectivity index (χ4v) is 11.4. The van der Waals surface area contributed by atoms with Crippen LogP contribution in [0.25, 0.3) is 0 Å². The average Bonchev–Trinajstić information content (AvgIpc) is 2.73. The van der Waals surface area contributed by atoms with Gasteiger partial charge in [-0.1, -0.05) is 55.4 Å². The van der Waals surface area contributed by atoms with Crippen molar-refractivity contribution in [3.63, 3.8) is 0 Å². The molecule has 12 unspecified atom stereocenters. The van der Waals surface area contributed by atoms with Crippen molar-refractivity contribution in [3.8, 4) is 0 Å². The third-order valence-electron chi connectivity index (χ3n) is 14.1. The van der Waals surface area contributed by atoms with Gasteiger partial charge < -0.3 is 15.3 Å². The number of fused-ring (bicyclic) bond motifs is 7. The first-order valence-electron chi connectivity index (χ1n) is 14.1. The van der Waals surface area contributed by atoms with Gasteiger partial charge in [0.05, 0.1) is 18.3 Å². The van der Waals surface area contributed by atoms with Crippen LogP contribution >= 0.6 is 0 Å². The van der Waals surface area contributed by atoms with E-state index in [2.05, 4.69) is 55.4 Å². The smallest absolute Gasteiger partial charge is 0.0829 e. The van der Waals surface area contributed by atoms with E-state index in [4.69, 9.17) is 0 Å². The maximum atomic E-state index is 11.8. The molecular formula is C30H52O3. The summed E-state index contributed by atoms with van der Waals surface area (Å²) in [6.45, 7) is 19.6. The molecule has 12 atom stereocenters. The molecule has 0 aromatic carbocycles. The van der Waals surface area contributed by atoms with Crippen LogP contribution in [-0.2, 0) is 0 Å². The first kappa shape index (κ1) is 24.6. The highest BCUT2D eigenvalue weighted by Crippen LogP contribution is 2.78. The summed E-state index contributed by atoms with van der Waals surface area (Å²) in [5, 5.41) is 33.4. The normalized spacial score (nSPS) is 62.5. The Hall–Kier alpha value is -0.120. The van der Waals surface area contributed by atoms with Gasteiger partial charge in [-0.15, -0.1) is 0 Å². The van der Waals surface area contributed by atoms with Crippen LogP contribution in [0, 0.1) is 56.2 Å². The summed E-state index contributed by atoms with van der Waals surface area (Å²) in [5.74, 6) is 1.70. The van der Waals surface area contributed by atoms with Gasteiger partial charge in [0, 0.05) is 0 Å². The summed E-state index contributed by atoms with van der Waals surface area (Å²) >= 11 is 0. The van der Waals surface area contributed by atoms with Crippen LogP contribution in [0.3, 0.4) is 0 Å². The number of aliphatic hydroxyl groups excluding tert-OH is 3. The molecule has 33 heavy (non-hydrogen) atoms. The lowest BCUT2D eigenvalue weighted by Gasteiger charge is -2.75. The van der Waals surface area contributed by atoms with Crippen LogP contribution in [0.5, 0.6) is 0 Å². The van der Waals surface area contributed by atoms with Gasteiger partial charge >= 0.3 is 0 Å². The molecule has 0 heterocycles. The highest BCUT2D eigenvalue weighted by Gasteiger charge is 2.72. The Labute approximate surface area is 203 Å². The van der Waals surface area contributed by atoms with E-state index >= 15 is 0 Å². The van der Waals surface area contributed by atoms with Gasteiger partial charge in [-0.2, -0.15) is 0 Å². The Balaban J connectivity index is 1.57. The van der Waals surface area contributed by atoms with Crippen LogP contribution in [0.4, 0.5) is 0 Å². The molecule has 0 amide bonds. The minimum atomic E-state index is -0.603. The van der Waals surface area contributed by atoms with Gasteiger partial charge in [-0.05, 0) is 114 Å². The van der Waals surface area contributed by atoms with E-state index in [9.17, 15) is 15.3 Å². The molecule has 190 valence electrons. The fraction of sp³-hybridized carbons (Fsp3) is 1.00. The number of hydrogen-bond donors (Lipinski definition) is 3. The second-order valence-electron chi connectivity index (χ2n) is 15.7. The minimum absolute atomic E-state index is 0.0420. The van der Waals surface area contributed by atoms with E-state index in [0.717, 1.165) is 25.7 Å². The van der Waals surface area contributed by atoms with Gasteiger partial charge in [0.15, 0.2) is 0 Å². The Morgan fingerprint density at radius 2 is 1.24 bits per heavy atom. The first-order chi connectivity index (χ1) is 15.1. The maximum Gasteiger partial charge on any atom is 0.0829 e. The lowest BCUT2D eigenvalue weighted by molar-refractivity contribution is -0.289. The molecule has 0 saturated heterocycles. The third-order valence-corrected chi connectivity index (χ3v) is 14.1. The molecule has 5 saturated carbocycles. The SMILES string of the molecule is CC1C(O)C(O)CC2C1(C)CCC1C2(C)CCC2(C)C3CC(C)(C)CCC3(C)C(O)CC12C. The van der Waals surface area contributed by atoms with Crippen molar-refractivity contribution in [2.45, 2.75) is 131 Å². The van der Waals surface area contributed by atoms with Gasteiger partial charge in [0.2, 0.25) is 0 Å². The second-order valence-corrected chi connectivity index (χ2v) is 15.7. The summed E-state index contributed by atoms with van der Waals surface area (Å²) in [7, 11) is 0. The van der Waals surface area contributed by atoms with Crippen LogP contribution in [0.15, 0.2) is 0 Å². The molecule has 0 radical (unpaired) electrons. The molecule has 3 N–H and O–H groups in total. The zero-order valence-electron chi connectivity index (χ0n) is 22.7. The molecular weight excluding hydrogens is 408 g/mol. The van der Waals surface area contributed by atoms with Crippen molar-refractivity contribution in [2.24, 2.45) is 56.2 Å². The summed E-state index contributed by atoms with van der Waals surface area (Å²) in [6.07, 6.45) is 8.66. The van der Waals surface area contributed by atoms with E-state index in [1.807, 2.05) is 0 Å². The standard InChI is InChI=1S/C30H52O3/c1-18-24(33)19(31)15-21-26(18,4)10-9-20-27(21,5)13-14-29(7)22-16-25(2,3)11-12-28(22,6)23(32)17-30(20,29)8/h18-24,31-33H,9-17H2,1-8H3. The number of aliphatic hydroxyl groups is 3. The summed E-state index contributed by atoms with van der Waals surface area (Å²) in [6, 6.07) is 0. The Morgan fingerprint density at radius 1 is 0.606 bits per heavy atom. The molecule has 0 aliphatic heterocycles. The molecule has 3 nitrogen and oxygen atoms in total. The zero-order chi connectivity index (χ0) is 24.4. The molecule has 5 aliphatic carbocycles. The van der Waals surface area contributed by atoms with Crippen LogP contribution < -0.4 is 0 Å². The van der Waals surface area contributed by atoms with Gasteiger partial charge in [0.25, 0.3) is 0 Å². The molecule has 0 aromatic heterocycles. The lowest BCUT2D eigenvalue weighted by Crippen LogP contribution is -2.71. The monoisotopic (exact) mass is 460 g/mol. The fourth-order valence-electron chi connectivity index (χ4n) is 11.4. The maximum absolute atomic E-state index is 11.8. The predicted octanol–water partition coefficient (Wildman–Crippen LogP) is 6.19. The third kappa shape index (κ3) is 2.91. The minimum Gasteiger partial charge on any atom is -0.393 e. The Kier molecular flexibility index (Phi) is 5.21. The van der Waals surface area contributed by atoms with Crippen molar-refractivity contribution >= 4 is 0 Å². The summed E-state index contributed by atoms with van der Waals surface area (Å²) in [4.78, 5) is 0. The van der Waals surface area contributed by atoms with E-state index in [0.29, 0.717) is 23.2 Å². The lowest BCUT2D eigenvalue weighted by atomic mass is 9.29. The van der Waals surface area contributed by atoms with Gasteiger partial charge in [-0.3, -0.25) is 0 Å². The van der Waals surface area contributed by atoms with Crippen molar-refractivity contribution in [3.05, 3.63) is 0 Å². The molecule has 0 aromatic rings. The van der Waals surface area contributed by atoms with E-state index in [1.165, 1.54) is 32.1 Å². The molecule has 5 fully saturated rings. The molecule has 0 spiro atoms. The van der Waals surface area contributed by atoms with Crippen LogP contribution in [0.2, 0.25) is 0 Å². The van der Waals surface area contributed by atoms with Crippen molar-refractivity contribution in [2.75, 3.05) is 0 Å². The second kappa shape index (κ2) is 7.00. The topological polar surface area (TPSA) is 60.7 Å². The Morgan fingerprint density at radius 3 is 1.91 bits per heavy atom. The summed E-state index contributed by atoms with van der Waals surface area (Å²) in [5.41, 5.74) is 1.00. The van der Waals surface area contributed by atoms with Gasteiger partial charge in [0.1, 0.15) is 0 Å². The number of rotatable bonds is 0. The van der Waals surface area contributed by atoms with E-state index < -0.39 is 12.2 Å². The van der Waals surface area contributed by atoms with Gasteiger partial charge in [-0.25, -0.2) is 0 Å². The molecule has 5 rings (SSSR count). The highest BCUT2D eigenvalue weighted by atomic mass is 16.3. The van der Waals surface area contributed by atoms with Crippen molar-refractivity contribution < 1.29 is 15.3 Å². The van der Waals surface area contributed by atoms with Crippen LogP contribution in [0.1, 0.15) is 113 Å². The van der Waals surface area contributed by atoms with Crippen molar-refractivity contribution in [1.29, 1.82) is 0 Å². The first-order valence-corrected chi connectivity index (χ1v) is 14.1. The predicted molar refractivity (Wildman–Crippen MR) is 134 cm³/mol. The van der Waals surface area contributed by atoms with Crippen molar-refractivity contribution in [1.82, 2.24) is 0 Å². The number of hydrogen-bond acceptors (Lipinski definition) is 3. The highest BCUT2D eigenvalue weighted by molar-refractivity contribution is 5.21. The molecule has 5 aliphatic rings. The van der Waals surface area contributed by atoms with E-state index in [-0.39, 0.29) is 39.1 Å².